The molecule has 0 aliphatic carbocycles. The van der Waals surface area contributed by atoms with E-state index in [2.05, 4.69) is 130 Å². The van der Waals surface area contributed by atoms with Crippen LogP contribution in [0.25, 0.3) is 95.3 Å². The molecule has 0 radical (unpaired) electrons. The van der Waals surface area contributed by atoms with E-state index in [1.165, 1.54) is 46.5 Å². The molecular formula is C44H22N4S2. The van der Waals surface area contributed by atoms with Crippen molar-refractivity contribution in [1.82, 2.24) is 9.13 Å². The van der Waals surface area contributed by atoms with Gasteiger partial charge >= 0.3 is 0 Å². The highest BCUT2D eigenvalue weighted by atomic mass is 32.1. The summed E-state index contributed by atoms with van der Waals surface area (Å²) in [5.74, 6) is 0. The molecule has 0 spiro atoms. The van der Waals surface area contributed by atoms with Crippen molar-refractivity contribution < 1.29 is 0 Å². The maximum Gasteiger partial charge on any atom is 0.101 e. The number of nitriles is 2. The molecule has 4 aromatic heterocycles. The predicted molar refractivity (Wildman–Crippen MR) is 210 cm³/mol. The first-order chi connectivity index (χ1) is 24.7. The van der Waals surface area contributed by atoms with Gasteiger partial charge in [0.1, 0.15) is 6.07 Å². The maximum atomic E-state index is 9.93. The van der Waals surface area contributed by atoms with Gasteiger partial charge < -0.3 is 9.13 Å². The average molecular weight is 671 g/mol. The van der Waals surface area contributed by atoms with Gasteiger partial charge in [0.25, 0.3) is 0 Å². The van der Waals surface area contributed by atoms with E-state index in [9.17, 15) is 10.5 Å². The fraction of sp³-hybridized carbons (Fsp3) is 0. The zero-order valence-electron chi connectivity index (χ0n) is 26.3. The fourth-order valence-corrected chi connectivity index (χ4v) is 10.3. The van der Waals surface area contributed by atoms with Gasteiger partial charge in [-0.05, 0) is 78.9 Å². The summed E-state index contributed by atoms with van der Waals surface area (Å²) in [4.78, 5) is 0. The number of nitrogens with zero attached hydrogens (tertiary/aromatic N) is 4. The van der Waals surface area contributed by atoms with Crippen molar-refractivity contribution >= 4 is 107 Å². The van der Waals surface area contributed by atoms with Crippen molar-refractivity contribution in [3.8, 4) is 23.5 Å². The summed E-state index contributed by atoms with van der Waals surface area (Å²) in [5, 5.41) is 29.0. The molecule has 4 nitrogen and oxygen atoms in total. The minimum atomic E-state index is 0.663. The van der Waals surface area contributed by atoms with E-state index in [1.54, 1.807) is 11.3 Å². The van der Waals surface area contributed by atoms with Crippen LogP contribution in [0.2, 0.25) is 0 Å². The number of rotatable bonds is 2. The average Bonchev–Trinajstić information content (AvgIpc) is 3.91. The summed E-state index contributed by atoms with van der Waals surface area (Å²) in [7, 11) is 0. The zero-order chi connectivity index (χ0) is 33.1. The normalized spacial score (nSPS) is 12.0. The van der Waals surface area contributed by atoms with Gasteiger partial charge in [0.2, 0.25) is 0 Å². The van der Waals surface area contributed by atoms with Crippen LogP contribution in [0.4, 0.5) is 0 Å². The van der Waals surface area contributed by atoms with Crippen molar-refractivity contribution in [2.75, 3.05) is 0 Å². The van der Waals surface area contributed by atoms with Crippen LogP contribution in [0.5, 0.6) is 0 Å². The molecule has 0 amide bonds. The molecule has 7 aromatic carbocycles. The highest BCUT2D eigenvalue weighted by molar-refractivity contribution is 7.26. The molecule has 11 aromatic rings. The highest BCUT2D eigenvalue weighted by Crippen LogP contribution is 2.45. The number of hydrogen-bond acceptors (Lipinski definition) is 4. The maximum absolute atomic E-state index is 9.93. The third-order valence-electron chi connectivity index (χ3n) is 10.2. The lowest BCUT2D eigenvalue weighted by atomic mass is 10.1. The number of thiophene rings is 2. The van der Waals surface area contributed by atoms with E-state index < -0.39 is 0 Å². The molecule has 6 heteroatoms. The van der Waals surface area contributed by atoms with Gasteiger partial charge in [-0.15, -0.1) is 22.7 Å². The Morgan fingerprint density at radius 3 is 1.82 bits per heavy atom. The molecule has 0 saturated carbocycles. The summed E-state index contributed by atoms with van der Waals surface area (Å²) in [6.07, 6.45) is 0. The van der Waals surface area contributed by atoms with Crippen LogP contribution in [-0.4, -0.2) is 9.13 Å². The number of hydrogen-bond donors (Lipinski definition) is 0. The van der Waals surface area contributed by atoms with E-state index in [-0.39, 0.29) is 0 Å². The Balaban J connectivity index is 1.20. The third-order valence-corrected chi connectivity index (χ3v) is 12.5. The van der Waals surface area contributed by atoms with Crippen molar-refractivity contribution in [1.29, 1.82) is 10.5 Å². The minimum absolute atomic E-state index is 0.663. The van der Waals surface area contributed by atoms with Crippen molar-refractivity contribution in [3.63, 3.8) is 0 Å². The van der Waals surface area contributed by atoms with Gasteiger partial charge in [-0.25, -0.2) is 0 Å². The second-order valence-electron chi connectivity index (χ2n) is 12.7. The summed E-state index contributed by atoms with van der Waals surface area (Å²) in [5.41, 5.74) is 8.12. The lowest BCUT2D eigenvalue weighted by Crippen LogP contribution is -1.94. The summed E-state index contributed by atoms with van der Waals surface area (Å²) < 4.78 is 9.44. The largest absolute Gasteiger partial charge is 0.309 e. The lowest BCUT2D eigenvalue weighted by Gasteiger charge is -2.10. The SMILES string of the molecule is N#Cc1ccc2c(c1)c1ccccc1n2-c1ccc2sc3ccc(-n4c5ccccc5c5ccc6sc7c(C#N)cccc7c6c54)cc3c2c1. The van der Waals surface area contributed by atoms with Crippen LogP contribution in [0, 0.1) is 22.7 Å². The van der Waals surface area contributed by atoms with E-state index in [0.717, 1.165) is 54.3 Å². The van der Waals surface area contributed by atoms with Crippen molar-refractivity contribution in [2.45, 2.75) is 0 Å². The van der Waals surface area contributed by atoms with E-state index in [1.807, 2.05) is 35.6 Å². The molecule has 50 heavy (non-hydrogen) atoms. The Labute approximate surface area is 293 Å². The topological polar surface area (TPSA) is 57.4 Å². The van der Waals surface area contributed by atoms with Crippen molar-refractivity contribution in [3.05, 3.63) is 145 Å². The van der Waals surface area contributed by atoms with E-state index in [0.29, 0.717) is 5.56 Å². The smallest absolute Gasteiger partial charge is 0.101 e. The van der Waals surface area contributed by atoms with Gasteiger partial charge in [-0.1, -0.05) is 54.6 Å². The number of aromatic nitrogens is 2. The van der Waals surface area contributed by atoms with Crippen LogP contribution >= 0.6 is 22.7 Å². The van der Waals surface area contributed by atoms with Gasteiger partial charge in [-0.3, -0.25) is 0 Å². The van der Waals surface area contributed by atoms with Crippen LogP contribution in [-0.2, 0) is 0 Å². The Morgan fingerprint density at radius 1 is 0.440 bits per heavy atom. The van der Waals surface area contributed by atoms with Gasteiger partial charge in [-0.2, -0.15) is 10.5 Å². The van der Waals surface area contributed by atoms with Gasteiger partial charge in [0.05, 0.1) is 44.0 Å². The highest BCUT2D eigenvalue weighted by Gasteiger charge is 2.20. The first-order valence-corrected chi connectivity index (χ1v) is 18.0. The van der Waals surface area contributed by atoms with Crippen molar-refractivity contribution in [2.24, 2.45) is 0 Å². The molecule has 0 N–H and O–H groups in total. The van der Waals surface area contributed by atoms with Gasteiger partial charge in [0, 0.05) is 68.6 Å². The summed E-state index contributed by atoms with van der Waals surface area (Å²) >= 11 is 3.52. The fourth-order valence-electron chi connectivity index (χ4n) is 8.05. The molecule has 4 heterocycles. The lowest BCUT2D eigenvalue weighted by molar-refractivity contribution is 1.19. The monoisotopic (exact) mass is 670 g/mol. The molecule has 0 atom stereocenters. The number of para-hydroxylation sites is 2. The number of benzene rings is 7. The minimum Gasteiger partial charge on any atom is -0.309 e. The van der Waals surface area contributed by atoms with E-state index >= 15 is 0 Å². The number of fused-ring (bicyclic) bond motifs is 13. The molecule has 0 aliphatic rings. The molecule has 230 valence electrons. The summed E-state index contributed by atoms with van der Waals surface area (Å²) in [6, 6.07) is 52.0. The Bertz CT molecular complexity index is 3360. The van der Waals surface area contributed by atoms with Crippen LogP contribution in [0.15, 0.2) is 133 Å². The second kappa shape index (κ2) is 10.0. The first-order valence-electron chi connectivity index (χ1n) is 16.4. The standard InChI is InChI=1S/C44H22N4S2/c45-23-25-12-16-38-33(20-25)30-8-2-3-10-36(30)47(38)27-13-17-39-34(21-27)35-22-28(14-18-40(35)49-39)48-37-11-4-1-7-29(37)31-15-19-41-42(43(31)48)32-9-5-6-26(24-46)44(32)50-41/h1-22H. The molecule has 0 aliphatic heterocycles. The van der Waals surface area contributed by atoms with E-state index in [4.69, 9.17) is 0 Å². The Morgan fingerprint density at radius 2 is 1.08 bits per heavy atom. The molecule has 0 fully saturated rings. The molecule has 0 saturated heterocycles. The third kappa shape index (κ3) is 3.61. The first kappa shape index (κ1) is 27.5. The molecule has 0 unspecified atom stereocenters. The summed E-state index contributed by atoms with van der Waals surface area (Å²) in [6.45, 7) is 0. The quantitative estimate of drug-likeness (QED) is 0.184. The molecular weight excluding hydrogens is 649 g/mol. The molecule has 11 rings (SSSR count). The van der Waals surface area contributed by atoms with Crippen LogP contribution in [0.1, 0.15) is 11.1 Å². The Kier molecular flexibility index (Phi) is 5.52. The second-order valence-corrected chi connectivity index (χ2v) is 14.9. The van der Waals surface area contributed by atoms with Crippen LogP contribution < -0.4 is 0 Å². The van der Waals surface area contributed by atoms with Gasteiger partial charge in [0.15, 0.2) is 0 Å². The Hall–Kier alpha value is -6.44. The predicted octanol–water partition coefficient (Wildman–Crippen LogP) is 12.4. The molecule has 0 bridgehead atoms. The zero-order valence-corrected chi connectivity index (χ0v) is 27.9. The van der Waals surface area contributed by atoms with Crippen LogP contribution in [0.3, 0.4) is 0 Å².